The summed E-state index contributed by atoms with van der Waals surface area (Å²) in [6.45, 7) is 4.38. The Morgan fingerprint density at radius 1 is 1.06 bits per heavy atom. The Morgan fingerprint density at radius 3 is 2.25 bits per heavy atom. The van der Waals surface area contributed by atoms with Crippen molar-refractivity contribution in [3.63, 3.8) is 0 Å². The van der Waals surface area contributed by atoms with E-state index in [4.69, 9.17) is 0 Å². The van der Waals surface area contributed by atoms with Gasteiger partial charge in [-0.25, -0.2) is 0 Å². The van der Waals surface area contributed by atoms with Crippen molar-refractivity contribution in [1.29, 1.82) is 0 Å². The molecule has 16 heavy (non-hydrogen) atoms. The first-order valence-electron chi connectivity index (χ1n) is 5.13. The highest BCUT2D eigenvalue weighted by Gasteiger charge is 2.01. The fourth-order valence-corrected chi connectivity index (χ4v) is 1.49. The molecule has 0 aliphatic heterocycles. The quantitative estimate of drug-likeness (QED) is 0.753. The average Bonchev–Trinajstić information content (AvgIpc) is 2.30. The van der Waals surface area contributed by atoms with E-state index in [0.717, 1.165) is 11.3 Å². The molecule has 0 amide bonds. The van der Waals surface area contributed by atoms with Gasteiger partial charge in [-0.05, 0) is 11.5 Å². The van der Waals surface area contributed by atoms with Crippen molar-refractivity contribution in [3.05, 3.63) is 48.4 Å². The molecule has 0 saturated carbocycles. The van der Waals surface area contributed by atoms with Crippen LogP contribution in [0.15, 0.2) is 42.9 Å². The highest BCUT2D eigenvalue weighted by atomic mass is 14.8. The molecular weight excluding hydrogens is 196 g/mol. The molecule has 0 fully saturated rings. The lowest BCUT2D eigenvalue weighted by Gasteiger charge is -2.06. The van der Waals surface area contributed by atoms with Crippen molar-refractivity contribution in [2.24, 2.45) is 0 Å². The van der Waals surface area contributed by atoms with E-state index in [1.165, 1.54) is 5.56 Å². The molecule has 0 radical (unpaired) electrons. The molecule has 0 atom stereocenters. The van der Waals surface area contributed by atoms with Crippen molar-refractivity contribution in [1.82, 2.24) is 9.97 Å². The van der Waals surface area contributed by atoms with Gasteiger partial charge in [0.1, 0.15) is 0 Å². The zero-order chi connectivity index (χ0) is 10.7. The van der Waals surface area contributed by atoms with E-state index in [9.17, 15) is 0 Å². The van der Waals surface area contributed by atoms with Gasteiger partial charge in [0.15, 0.2) is 0 Å². The number of aromatic nitrogens is 2. The molecule has 0 saturated heterocycles. The Labute approximate surface area is 98.9 Å². The minimum absolute atomic E-state index is 0. The third kappa shape index (κ3) is 2.66. The van der Waals surface area contributed by atoms with E-state index >= 15 is 0 Å². The largest absolute Gasteiger partial charge is 0.261 e. The van der Waals surface area contributed by atoms with E-state index in [0.29, 0.717) is 5.92 Å². The fourth-order valence-electron chi connectivity index (χ4n) is 1.49. The smallest absolute Gasteiger partial charge is 0.0885 e. The van der Waals surface area contributed by atoms with Gasteiger partial charge in [-0.15, -0.1) is 0 Å². The van der Waals surface area contributed by atoms with Crippen LogP contribution in [0, 0.1) is 0 Å². The van der Waals surface area contributed by atoms with Gasteiger partial charge in [0.2, 0.25) is 0 Å². The summed E-state index contributed by atoms with van der Waals surface area (Å²) in [4.78, 5) is 8.32. The summed E-state index contributed by atoms with van der Waals surface area (Å²) in [5.41, 5.74) is 3.39. The summed E-state index contributed by atoms with van der Waals surface area (Å²) in [6, 6.07) is 8.49. The van der Waals surface area contributed by atoms with Crippen LogP contribution in [0.3, 0.4) is 0 Å². The Balaban J connectivity index is 0.00000128. The van der Waals surface area contributed by atoms with Gasteiger partial charge in [-0.1, -0.05) is 45.5 Å². The van der Waals surface area contributed by atoms with E-state index in [1.807, 2.05) is 0 Å². The molecule has 0 unspecified atom stereocenters. The molecule has 0 aliphatic rings. The fraction of sp³-hybridized carbons (Fsp3) is 0.286. The predicted octanol–water partition coefficient (Wildman–Crippen LogP) is 4.15. The molecule has 2 nitrogen and oxygen atoms in total. The van der Waals surface area contributed by atoms with Crippen molar-refractivity contribution >= 4 is 0 Å². The molecular formula is C14H20N2. The van der Waals surface area contributed by atoms with Gasteiger partial charge in [-0.2, -0.15) is 0 Å². The molecule has 2 rings (SSSR count). The van der Waals surface area contributed by atoms with E-state index in [2.05, 4.69) is 48.1 Å². The van der Waals surface area contributed by atoms with Crippen LogP contribution in [-0.2, 0) is 0 Å². The van der Waals surface area contributed by atoms with Gasteiger partial charge < -0.3 is 0 Å². The normalized spacial score (nSPS) is 9.94. The van der Waals surface area contributed by atoms with Crippen LogP contribution in [-0.4, -0.2) is 9.97 Å². The highest BCUT2D eigenvalue weighted by molar-refractivity contribution is 5.58. The summed E-state index contributed by atoms with van der Waals surface area (Å²) in [5.74, 6) is 0.570. The molecule has 2 aromatic rings. The third-order valence-electron chi connectivity index (χ3n) is 2.44. The van der Waals surface area contributed by atoms with Crippen LogP contribution in [0.5, 0.6) is 0 Å². The van der Waals surface area contributed by atoms with Crippen molar-refractivity contribution in [3.8, 4) is 11.3 Å². The second kappa shape index (κ2) is 5.40. The van der Waals surface area contributed by atoms with Crippen molar-refractivity contribution in [2.45, 2.75) is 27.2 Å². The van der Waals surface area contributed by atoms with Crippen molar-refractivity contribution < 1.29 is 1.43 Å². The molecule has 2 heteroatoms. The van der Waals surface area contributed by atoms with E-state index in [1.54, 1.807) is 18.6 Å². The Morgan fingerprint density at radius 2 is 1.75 bits per heavy atom. The Hall–Kier alpha value is -1.70. The molecule has 0 spiro atoms. The van der Waals surface area contributed by atoms with Gasteiger partial charge >= 0.3 is 0 Å². The average molecular weight is 216 g/mol. The summed E-state index contributed by atoms with van der Waals surface area (Å²) >= 11 is 0. The van der Waals surface area contributed by atoms with Crippen LogP contribution in [0.4, 0.5) is 0 Å². The molecule has 0 bridgehead atoms. The highest BCUT2D eigenvalue weighted by Crippen LogP contribution is 2.20. The molecule has 1 heterocycles. The summed E-state index contributed by atoms with van der Waals surface area (Å²) in [6.07, 6.45) is 5.18. The maximum absolute atomic E-state index is 4.26. The molecule has 0 N–H and O–H groups in total. The monoisotopic (exact) mass is 216 g/mol. The minimum atomic E-state index is 0. The molecule has 1 aromatic heterocycles. The number of hydrogen-bond acceptors (Lipinski definition) is 2. The maximum atomic E-state index is 4.26. The van der Waals surface area contributed by atoms with Crippen LogP contribution in [0.1, 0.15) is 34.2 Å². The lowest BCUT2D eigenvalue weighted by atomic mass is 10.0. The number of benzene rings is 1. The van der Waals surface area contributed by atoms with Crippen molar-refractivity contribution in [2.75, 3.05) is 0 Å². The topological polar surface area (TPSA) is 25.8 Å². The zero-order valence-electron chi connectivity index (χ0n) is 9.01. The second-order valence-corrected chi connectivity index (χ2v) is 3.87. The van der Waals surface area contributed by atoms with Gasteiger partial charge in [0, 0.05) is 19.4 Å². The summed E-state index contributed by atoms with van der Waals surface area (Å²) in [7, 11) is 0. The second-order valence-electron chi connectivity index (χ2n) is 3.87. The number of nitrogens with zero attached hydrogens (tertiary/aromatic N) is 2. The van der Waals surface area contributed by atoms with Crippen LogP contribution in [0.25, 0.3) is 11.3 Å². The Kier molecular flexibility index (Phi) is 4.18. The van der Waals surface area contributed by atoms with Crippen LogP contribution in [0.2, 0.25) is 0 Å². The lowest BCUT2D eigenvalue weighted by molar-refractivity contribution is 0.867. The molecule has 86 valence electrons. The zero-order valence-corrected chi connectivity index (χ0v) is 9.01. The van der Waals surface area contributed by atoms with Gasteiger partial charge in [0.05, 0.1) is 11.9 Å². The molecule has 0 aliphatic carbocycles. The summed E-state index contributed by atoms with van der Waals surface area (Å²) in [5, 5.41) is 0. The van der Waals surface area contributed by atoms with Crippen LogP contribution < -0.4 is 0 Å². The molecule has 1 aromatic carbocycles. The first kappa shape index (κ1) is 12.4. The Bertz CT molecular complexity index is 424. The number of rotatable bonds is 2. The van der Waals surface area contributed by atoms with E-state index in [-0.39, 0.29) is 8.85 Å². The summed E-state index contributed by atoms with van der Waals surface area (Å²) < 4.78 is 0. The first-order chi connectivity index (χ1) is 7.27. The first-order valence-corrected chi connectivity index (χ1v) is 5.13. The van der Waals surface area contributed by atoms with E-state index < -0.39 is 0 Å². The van der Waals surface area contributed by atoms with Gasteiger partial charge in [0.25, 0.3) is 0 Å². The number of hydrogen-bond donors (Lipinski definition) is 0. The van der Waals surface area contributed by atoms with Gasteiger partial charge in [-0.3, -0.25) is 9.97 Å². The minimum Gasteiger partial charge on any atom is -0.261 e. The van der Waals surface area contributed by atoms with Crippen LogP contribution >= 0.6 is 0 Å². The third-order valence-corrected chi connectivity index (χ3v) is 2.44. The standard InChI is InChI=1S/C13H14N2.CH4.H2/c1-10(2)11-3-5-12(6-4-11)13-9-14-7-8-15-13;;/h3-10H,1-2H3;1H4;1H. The SMILES string of the molecule is C.CC(C)c1ccc(-c2cnccn2)cc1.[HH]. The lowest BCUT2D eigenvalue weighted by Crippen LogP contribution is -1.88. The predicted molar refractivity (Wildman–Crippen MR) is 70.4 cm³/mol. The maximum Gasteiger partial charge on any atom is 0.0885 e.